The number of phenolic OH excluding ortho intramolecular Hbond substituents is 2. The minimum absolute atomic E-state index is 0.128. The second-order valence-corrected chi connectivity index (χ2v) is 13.4. The van der Waals surface area contributed by atoms with E-state index in [0.717, 1.165) is 40.9 Å². The number of rotatable bonds is 2. The van der Waals surface area contributed by atoms with Crippen LogP contribution in [0, 0.1) is 35.5 Å². The van der Waals surface area contributed by atoms with Crippen LogP contribution < -0.4 is 0 Å². The fraction of sp³-hybridized carbons (Fsp3) is 0.667. The summed E-state index contributed by atoms with van der Waals surface area (Å²) in [5.41, 5.74) is 3.14. The van der Waals surface area contributed by atoms with Crippen molar-refractivity contribution in [3.8, 4) is 11.5 Å². The number of hydrogen-bond donors (Lipinski definition) is 2. The smallest absolute Gasteiger partial charge is 0.123 e. The number of phenols is 2. The Hall–Kier alpha value is -1.70. The molecule has 0 radical (unpaired) electrons. The van der Waals surface area contributed by atoms with E-state index in [9.17, 15) is 10.2 Å². The van der Waals surface area contributed by atoms with Gasteiger partial charge in [0.1, 0.15) is 11.5 Å². The predicted octanol–water partition coefficient (Wildman–Crippen LogP) is 7.19. The molecular formula is C30H36O2. The zero-order valence-corrected chi connectivity index (χ0v) is 19.2. The van der Waals surface area contributed by atoms with Crippen molar-refractivity contribution in [2.24, 2.45) is 35.5 Å². The van der Waals surface area contributed by atoms with Crippen molar-refractivity contribution in [3.05, 3.63) is 35.4 Å². The van der Waals surface area contributed by atoms with Crippen molar-refractivity contribution >= 4 is 10.8 Å². The van der Waals surface area contributed by atoms with Gasteiger partial charge in [-0.25, -0.2) is 0 Å². The molecule has 2 aromatic carbocycles. The second kappa shape index (κ2) is 6.05. The maximum atomic E-state index is 11.5. The average molecular weight is 429 g/mol. The Kier molecular flexibility index (Phi) is 3.53. The first-order valence-corrected chi connectivity index (χ1v) is 13.5. The fourth-order valence-electron chi connectivity index (χ4n) is 11.3. The normalized spacial score (nSPS) is 45.8. The summed E-state index contributed by atoms with van der Waals surface area (Å²) in [5, 5.41) is 24.8. The standard InChI is InChI=1S/C30H36O2/c31-25-4-2-24(29-11-17-5-18(12-29)7-19(6-17)13-29)27-23(25)1-3-26(32)28(27)30-14-20-8-21(15-30)10-22(9-20)16-30/h1-4,17-22,31-32H,5-16H2. The van der Waals surface area contributed by atoms with Gasteiger partial charge in [0.05, 0.1) is 0 Å². The van der Waals surface area contributed by atoms with Crippen molar-refractivity contribution in [3.63, 3.8) is 0 Å². The van der Waals surface area contributed by atoms with E-state index in [4.69, 9.17) is 0 Å². The first-order chi connectivity index (χ1) is 15.5. The number of benzene rings is 2. The molecule has 2 N–H and O–H groups in total. The fourth-order valence-corrected chi connectivity index (χ4v) is 11.3. The lowest BCUT2D eigenvalue weighted by molar-refractivity contribution is -0.00733. The Labute approximate surface area is 191 Å². The Morgan fingerprint density at radius 3 is 1.47 bits per heavy atom. The molecule has 8 aliphatic carbocycles. The van der Waals surface area contributed by atoms with Crippen LogP contribution in [0.2, 0.25) is 0 Å². The lowest BCUT2D eigenvalue weighted by atomic mass is 9.46. The quantitative estimate of drug-likeness (QED) is 0.531. The molecule has 0 aromatic heterocycles. The van der Waals surface area contributed by atoms with Gasteiger partial charge in [0.2, 0.25) is 0 Å². The van der Waals surface area contributed by atoms with E-state index in [1.165, 1.54) is 93.6 Å². The van der Waals surface area contributed by atoms with Crippen LogP contribution in [0.1, 0.15) is 88.2 Å². The Bertz CT molecular complexity index is 1060. The van der Waals surface area contributed by atoms with Crippen LogP contribution in [0.15, 0.2) is 24.3 Å². The summed E-state index contributed by atoms with van der Waals surface area (Å²) in [6.07, 6.45) is 16.3. The third-order valence-electron chi connectivity index (χ3n) is 11.3. The van der Waals surface area contributed by atoms with E-state index in [1.807, 2.05) is 18.2 Å². The van der Waals surface area contributed by atoms with Gasteiger partial charge in [-0.05, 0) is 147 Å². The molecule has 168 valence electrons. The molecule has 8 saturated carbocycles. The maximum absolute atomic E-state index is 11.5. The summed E-state index contributed by atoms with van der Waals surface area (Å²) < 4.78 is 0. The highest BCUT2D eigenvalue weighted by Crippen LogP contribution is 2.66. The molecule has 2 heteroatoms. The Balaban J connectivity index is 1.39. The first-order valence-electron chi connectivity index (χ1n) is 13.5. The number of aromatic hydroxyl groups is 2. The van der Waals surface area contributed by atoms with Crippen LogP contribution in [0.4, 0.5) is 0 Å². The summed E-state index contributed by atoms with van der Waals surface area (Å²) in [5.74, 6) is 6.13. The molecular weight excluding hydrogens is 392 g/mol. The molecule has 0 atom stereocenters. The third kappa shape index (κ3) is 2.37. The molecule has 0 aliphatic heterocycles. The first kappa shape index (κ1) is 18.7. The van der Waals surface area contributed by atoms with Crippen LogP contribution in [-0.2, 0) is 10.8 Å². The minimum atomic E-state index is 0.128. The molecule has 8 bridgehead atoms. The molecule has 0 unspecified atom stereocenters. The second-order valence-electron chi connectivity index (χ2n) is 13.4. The monoisotopic (exact) mass is 428 g/mol. The van der Waals surface area contributed by atoms with Crippen LogP contribution in [-0.4, -0.2) is 10.2 Å². The Morgan fingerprint density at radius 2 is 0.969 bits per heavy atom. The lowest BCUT2D eigenvalue weighted by Gasteiger charge is -2.59. The molecule has 2 aromatic rings. The largest absolute Gasteiger partial charge is 0.508 e. The molecule has 0 heterocycles. The molecule has 0 saturated heterocycles. The van der Waals surface area contributed by atoms with E-state index < -0.39 is 0 Å². The highest BCUT2D eigenvalue weighted by atomic mass is 16.3. The Morgan fingerprint density at radius 1 is 0.531 bits per heavy atom. The lowest BCUT2D eigenvalue weighted by Crippen LogP contribution is -2.50. The number of hydrogen-bond acceptors (Lipinski definition) is 2. The highest BCUT2D eigenvalue weighted by Gasteiger charge is 2.55. The topological polar surface area (TPSA) is 40.5 Å². The average Bonchev–Trinajstić information content (AvgIpc) is 2.71. The van der Waals surface area contributed by atoms with E-state index >= 15 is 0 Å². The van der Waals surface area contributed by atoms with Crippen molar-refractivity contribution < 1.29 is 10.2 Å². The van der Waals surface area contributed by atoms with E-state index in [1.54, 1.807) is 0 Å². The van der Waals surface area contributed by atoms with Gasteiger partial charge in [-0.15, -0.1) is 0 Å². The molecule has 2 nitrogen and oxygen atoms in total. The van der Waals surface area contributed by atoms with E-state index in [2.05, 4.69) is 6.07 Å². The van der Waals surface area contributed by atoms with Crippen LogP contribution in [0.5, 0.6) is 11.5 Å². The maximum Gasteiger partial charge on any atom is 0.123 e. The van der Waals surface area contributed by atoms with Gasteiger partial charge >= 0.3 is 0 Å². The summed E-state index contributed by atoms with van der Waals surface area (Å²) in [6, 6.07) is 8.17. The zero-order chi connectivity index (χ0) is 21.2. The predicted molar refractivity (Wildman–Crippen MR) is 127 cm³/mol. The van der Waals surface area contributed by atoms with Gasteiger partial charge in [0, 0.05) is 16.4 Å². The van der Waals surface area contributed by atoms with E-state index in [0.29, 0.717) is 11.5 Å². The summed E-state index contributed by atoms with van der Waals surface area (Å²) in [4.78, 5) is 0. The molecule has 8 fully saturated rings. The summed E-state index contributed by atoms with van der Waals surface area (Å²) in [6.45, 7) is 0. The molecule has 0 spiro atoms. The molecule has 10 rings (SSSR count). The van der Waals surface area contributed by atoms with Crippen LogP contribution in [0.25, 0.3) is 10.8 Å². The van der Waals surface area contributed by atoms with Crippen molar-refractivity contribution in [1.82, 2.24) is 0 Å². The third-order valence-corrected chi connectivity index (χ3v) is 11.3. The van der Waals surface area contributed by atoms with Gasteiger partial charge in [-0.2, -0.15) is 0 Å². The van der Waals surface area contributed by atoms with Gasteiger partial charge in [0.25, 0.3) is 0 Å². The van der Waals surface area contributed by atoms with E-state index in [-0.39, 0.29) is 10.8 Å². The minimum Gasteiger partial charge on any atom is -0.508 e. The summed E-state index contributed by atoms with van der Waals surface area (Å²) >= 11 is 0. The van der Waals surface area contributed by atoms with Crippen LogP contribution in [0.3, 0.4) is 0 Å². The van der Waals surface area contributed by atoms with Crippen molar-refractivity contribution in [2.45, 2.75) is 87.9 Å². The van der Waals surface area contributed by atoms with Gasteiger partial charge < -0.3 is 10.2 Å². The molecule has 8 aliphatic rings. The van der Waals surface area contributed by atoms with Crippen molar-refractivity contribution in [1.29, 1.82) is 0 Å². The van der Waals surface area contributed by atoms with Gasteiger partial charge in [-0.1, -0.05) is 6.07 Å². The van der Waals surface area contributed by atoms with Gasteiger partial charge in [0.15, 0.2) is 0 Å². The highest BCUT2D eigenvalue weighted by molar-refractivity contribution is 5.96. The molecule has 32 heavy (non-hydrogen) atoms. The molecule has 0 amide bonds. The SMILES string of the molecule is Oc1ccc2c(O)ccc(C34CC5CC(CC(C5)C3)C4)c2c1C12CC3CC(CC(C3)C1)C2. The van der Waals surface area contributed by atoms with Gasteiger partial charge in [-0.3, -0.25) is 0 Å². The van der Waals surface area contributed by atoms with Crippen LogP contribution >= 0.6 is 0 Å². The zero-order valence-electron chi connectivity index (χ0n) is 19.2. The number of fused-ring (bicyclic) bond motifs is 1. The van der Waals surface area contributed by atoms with Crippen molar-refractivity contribution in [2.75, 3.05) is 0 Å². The summed E-state index contributed by atoms with van der Waals surface area (Å²) in [7, 11) is 0.